The molecule has 0 spiro atoms. The number of hydrogen-bond donors (Lipinski definition) is 0. The molecule has 0 unspecified atom stereocenters. The molecule has 0 saturated heterocycles. The van der Waals surface area contributed by atoms with Gasteiger partial charge in [0.15, 0.2) is 0 Å². The summed E-state index contributed by atoms with van der Waals surface area (Å²) < 4.78 is 0. The summed E-state index contributed by atoms with van der Waals surface area (Å²) in [6.07, 6.45) is 17.5. The van der Waals surface area contributed by atoms with Gasteiger partial charge in [-0.1, -0.05) is 44.9 Å². The minimum Gasteiger partial charge on any atom is -0.358 e. The van der Waals surface area contributed by atoms with Crippen LogP contribution in [0.2, 0.25) is 0 Å². The molecule has 2 rings (SSSR count). The Labute approximate surface area is 113 Å². The van der Waals surface area contributed by atoms with Crippen LogP contribution in [0.25, 0.3) is 0 Å². The van der Waals surface area contributed by atoms with Crippen molar-refractivity contribution in [2.75, 3.05) is 0 Å². The van der Waals surface area contributed by atoms with E-state index in [2.05, 4.69) is 6.42 Å². The third kappa shape index (κ3) is 5.58. The Hall–Kier alpha value is 0.766. The van der Waals surface area contributed by atoms with Gasteiger partial charge in [-0.25, -0.2) is 0 Å². The van der Waals surface area contributed by atoms with Crippen LogP contribution in [-0.4, -0.2) is 23.1 Å². The maximum atomic E-state index is 2.48. The van der Waals surface area contributed by atoms with Crippen molar-refractivity contribution < 1.29 is 0 Å². The van der Waals surface area contributed by atoms with Gasteiger partial charge in [0.05, 0.1) is 0 Å². The average Bonchev–Trinajstić information content (AvgIpc) is 2.21. The van der Waals surface area contributed by atoms with Crippen LogP contribution in [0.1, 0.15) is 64.2 Å². The first kappa shape index (κ1) is 15.8. The fraction of sp³-hybridized carbons (Fsp3) is 0.857. The van der Waals surface area contributed by atoms with Crippen molar-refractivity contribution in [2.24, 2.45) is 11.8 Å². The first-order valence-electron chi connectivity index (χ1n) is 6.27. The molecule has 0 aliphatic heterocycles. The van der Waals surface area contributed by atoms with E-state index in [0.29, 0.717) is 0 Å². The molecule has 0 bridgehead atoms. The van der Waals surface area contributed by atoms with Crippen molar-refractivity contribution in [2.45, 2.75) is 64.2 Å². The predicted octanol–water partition coefficient (Wildman–Crippen LogP) is 4.42. The van der Waals surface area contributed by atoms with Crippen LogP contribution in [-0.2, 0) is 0 Å². The molecule has 0 nitrogen and oxygen atoms in total. The first-order chi connectivity index (χ1) is 6.45. The second-order valence-corrected chi connectivity index (χ2v) is 5.05. The molecule has 0 aromatic rings. The van der Waals surface area contributed by atoms with Crippen molar-refractivity contribution in [3.05, 3.63) is 13.8 Å². The SMILES string of the molecule is [CH-]1CCC(CC2CCCCC2)CC1.[CH3-].[Mg+2]. The summed E-state index contributed by atoms with van der Waals surface area (Å²) in [7, 11) is 0. The molecule has 2 aliphatic rings. The van der Waals surface area contributed by atoms with E-state index in [0.717, 1.165) is 11.8 Å². The van der Waals surface area contributed by atoms with Crippen LogP contribution in [0.3, 0.4) is 0 Å². The number of rotatable bonds is 2. The molecule has 84 valence electrons. The Kier molecular flexibility index (Phi) is 9.32. The standard InChI is InChI=1S/C13H23.CH3.Mg/c1-3-7-12(8-4-1)11-13-9-5-2-6-10-13;;/h1,12-13H,2-11H2;1H3;/q2*-1;+2. The van der Waals surface area contributed by atoms with Crippen molar-refractivity contribution in [3.63, 3.8) is 0 Å². The molecule has 0 heterocycles. The van der Waals surface area contributed by atoms with E-state index in [9.17, 15) is 0 Å². The predicted molar refractivity (Wildman–Crippen MR) is 69.6 cm³/mol. The van der Waals surface area contributed by atoms with Crippen molar-refractivity contribution in [1.29, 1.82) is 0 Å². The summed E-state index contributed by atoms with van der Waals surface area (Å²) in [5.74, 6) is 2.20. The van der Waals surface area contributed by atoms with E-state index < -0.39 is 0 Å². The zero-order valence-electron chi connectivity index (χ0n) is 10.5. The Morgan fingerprint density at radius 3 is 1.93 bits per heavy atom. The molecule has 0 aromatic heterocycles. The Morgan fingerprint density at radius 2 is 1.33 bits per heavy atom. The average molecular weight is 219 g/mol. The molecule has 0 amide bonds. The summed E-state index contributed by atoms with van der Waals surface area (Å²) in [5.41, 5.74) is 0. The Balaban J connectivity index is 0.000000980. The van der Waals surface area contributed by atoms with E-state index in [4.69, 9.17) is 0 Å². The van der Waals surface area contributed by atoms with Gasteiger partial charge in [0.2, 0.25) is 0 Å². The second-order valence-electron chi connectivity index (χ2n) is 5.05. The monoisotopic (exact) mass is 218 g/mol. The third-order valence-corrected chi connectivity index (χ3v) is 3.95. The largest absolute Gasteiger partial charge is 2.00 e. The van der Waals surface area contributed by atoms with Crippen LogP contribution >= 0.6 is 0 Å². The summed E-state index contributed by atoms with van der Waals surface area (Å²) in [6, 6.07) is 0. The van der Waals surface area contributed by atoms with Crippen molar-refractivity contribution >= 4 is 23.1 Å². The Bertz CT molecular complexity index is 116. The van der Waals surface area contributed by atoms with Crippen LogP contribution in [0, 0.1) is 25.7 Å². The van der Waals surface area contributed by atoms with E-state index in [1.165, 1.54) is 44.9 Å². The summed E-state index contributed by atoms with van der Waals surface area (Å²) >= 11 is 0. The quantitative estimate of drug-likeness (QED) is 0.475. The molecule has 0 N–H and O–H groups in total. The maximum Gasteiger partial charge on any atom is 2.00 e. The van der Waals surface area contributed by atoms with Gasteiger partial charge in [-0.3, -0.25) is 0 Å². The van der Waals surface area contributed by atoms with Crippen LogP contribution < -0.4 is 0 Å². The van der Waals surface area contributed by atoms with Crippen molar-refractivity contribution in [3.8, 4) is 0 Å². The molecule has 0 atom stereocenters. The zero-order chi connectivity index (χ0) is 8.93. The van der Waals surface area contributed by atoms with Gasteiger partial charge in [-0.2, -0.15) is 12.8 Å². The van der Waals surface area contributed by atoms with Gasteiger partial charge in [0, 0.05) is 0 Å². The fourth-order valence-corrected chi connectivity index (χ4v) is 3.13. The Morgan fingerprint density at radius 1 is 0.800 bits per heavy atom. The molecule has 2 fully saturated rings. The normalized spacial score (nSPS) is 24.0. The summed E-state index contributed by atoms with van der Waals surface area (Å²) in [6.45, 7) is 0. The van der Waals surface area contributed by atoms with Crippen LogP contribution in [0.4, 0.5) is 0 Å². The molecule has 2 aliphatic carbocycles. The molecule has 2 saturated carbocycles. The number of hydrogen-bond acceptors (Lipinski definition) is 0. The smallest absolute Gasteiger partial charge is 0.358 e. The van der Waals surface area contributed by atoms with E-state index in [-0.39, 0.29) is 30.5 Å². The summed E-state index contributed by atoms with van der Waals surface area (Å²) in [4.78, 5) is 0. The van der Waals surface area contributed by atoms with Gasteiger partial charge in [0.1, 0.15) is 0 Å². The van der Waals surface area contributed by atoms with Gasteiger partial charge in [0.25, 0.3) is 0 Å². The molecule has 1 heteroatoms. The molecule has 15 heavy (non-hydrogen) atoms. The van der Waals surface area contributed by atoms with Crippen LogP contribution in [0.5, 0.6) is 0 Å². The molecule has 0 radical (unpaired) electrons. The fourth-order valence-electron chi connectivity index (χ4n) is 3.13. The minimum absolute atomic E-state index is 0. The van der Waals surface area contributed by atoms with Gasteiger partial charge in [-0.05, 0) is 18.3 Å². The van der Waals surface area contributed by atoms with E-state index in [1.807, 2.05) is 0 Å². The van der Waals surface area contributed by atoms with E-state index >= 15 is 0 Å². The minimum atomic E-state index is 0. The summed E-state index contributed by atoms with van der Waals surface area (Å²) in [5, 5.41) is 0. The molecular formula is C14H26Mg. The third-order valence-electron chi connectivity index (χ3n) is 3.95. The van der Waals surface area contributed by atoms with Crippen molar-refractivity contribution in [1.82, 2.24) is 0 Å². The van der Waals surface area contributed by atoms with Gasteiger partial charge < -0.3 is 13.8 Å². The zero-order valence-corrected chi connectivity index (χ0v) is 11.9. The molecule has 0 aromatic carbocycles. The van der Waals surface area contributed by atoms with Crippen LogP contribution in [0.15, 0.2) is 0 Å². The van der Waals surface area contributed by atoms with E-state index in [1.54, 1.807) is 19.3 Å². The van der Waals surface area contributed by atoms with Gasteiger partial charge >= 0.3 is 23.1 Å². The maximum absolute atomic E-state index is 2.48. The first-order valence-corrected chi connectivity index (χ1v) is 6.27. The molecular weight excluding hydrogens is 192 g/mol. The second kappa shape index (κ2) is 8.87. The van der Waals surface area contributed by atoms with Gasteiger partial charge in [-0.15, -0.1) is 0 Å². The topological polar surface area (TPSA) is 0 Å².